The number of hydrogen-bond donors (Lipinski definition) is 0. The molecule has 3 heterocycles. The maximum absolute atomic E-state index is 12.2. The third kappa shape index (κ3) is 2.68. The maximum atomic E-state index is 12.2. The zero-order valence-corrected chi connectivity index (χ0v) is 14.6. The first-order valence-corrected chi connectivity index (χ1v) is 8.16. The number of nitriles is 1. The topological polar surface area (TPSA) is 112 Å². The molecule has 3 rings (SSSR count). The van der Waals surface area contributed by atoms with Gasteiger partial charge in [-0.3, -0.25) is 18.5 Å². The van der Waals surface area contributed by atoms with E-state index in [0.29, 0.717) is 23.3 Å². The van der Waals surface area contributed by atoms with Crippen molar-refractivity contribution in [3.05, 3.63) is 44.8 Å². The van der Waals surface area contributed by atoms with Crippen LogP contribution in [0.2, 0.25) is 0 Å². The Morgan fingerprint density at radius 3 is 2.64 bits per heavy atom. The SMILES string of the molecule is CCn1c(Sc2c(C#N)c(=O)n(C)c(=O)n2C)nnc1-c1ccco1. The second-order valence-corrected chi connectivity index (χ2v) is 6.08. The second-order valence-electron chi connectivity index (χ2n) is 5.13. The zero-order valence-electron chi connectivity index (χ0n) is 13.8. The third-order valence-corrected chi connectivity index (χ3v) is 4.84. The van der Waals surface area contributed by atoms with Gasteiger partial charge in [0, 0.05) is 20.6 Å². The summed E-state index contributed by atoms with van der Waals surface area (Å²) in [6.45, 7) is 2.46. The standard InChI is InChI=1S/C15H14N6O3S/c1-4-21-11(10-6-5-7-24-10)17-18-14(21)25-13-9(8-16)12(22)19(2)15(23)20(13)3/h5-7H,4H2,1-3H3. The molecule has 128 valence electrons. The van der Waals surface area contributed by atoms with Gasteiger partial charge in [-0.2, -0.15) is 5.26 Å². The van der Waals surface area contributed by atoms with Crippen LogP contribution in [0.25, 0.3) is 11.6 Å². The molecule has 0 bridgehead atoms. The van der Waals surface area contributed by atoms with Gasteiger partial charge in [-0.1, -0.05) is 0 Å². The lowest BCUT2D eigenvalue weighted by Gasteiger charge is -2.11. The summed E-state index contributed by atoms with van der Waals surface area (Å²) < 4.78 is 9.30. The lowest BCUT2D eigenvalue weighted by atomic mass is 10.3. The largest absolute Gasteiger partial charge is 0.461 e. The van der Waals surface area contributed by atoms with Crippen LogP contribution < -0.4 is 11.2 Å². The van der Waals surface area contributed by atoms with Gasteiger partial charge in [0.2, 0.25) is 0 Å². The van der Waals surface area contributed by atoms with E-state index < -0.39 is 11.2 Å². The molecule has 0 aliphatic rings. The van der Waals surface area contributed by atoms with Crippen LogP contribution in [0.3, 0.4) is 0 Å². The van der Waals surface area contributed by atoms with Crippen LogP contribution in [0.15, 0.2) is 42.6 Å². The lowest BCUT2D eigenvalue weighted by Crippen LogP contribution is -2.39. The van der Waals surface area contributed by atoms with Gasteiger partial charge in [-0.25, -0.2) is 4.79 Å². The van der Waals surface area contributed by atoms with Crippen LogP contribution in [0.1, 0.15) is 12.5 Å². The molecule has 3 aromatic rings. The molecule has 0 aliphatic carbocycles. The molecule has 0 aromatic carbocycles. The molecular weight excluding hydrogens is 344 g/mol. The minimum atomic E-state index is -0.637. The van der Waals surface area contributed by atoms with E-state index >= 15 is 0 Å². The Morgan fingerprint density at radius 2 is 2.04 bits per heavy atom. The van der Waals surface area contributed by atoms with Gasteiger partial charge in [-0.05, 0) is 30.8 Å². The van der Waals surface area contributed by atoms with Crippen molar-refractivity contribution in [2.24, 2.45) is 14.1 Å². The van der Waals surface area contributed by atoms with Crippen molar-refractivity contribution in [1.29, 1.82) is 5.26 Å². The molecule has 0 N–H and O–H groups in total. The highest BCUT2D eigenvalue weighted by Gasteiger charge is 2.21. The average Bonchev–Trinajstić information content (AvgIpc) is 3.27. The quantitative estimate of drug-likeness (QED) is 0.639. The molecule has 0 unspecified atom stereocenters. The fourth-order valence-corrected chi connectivity index (χ4v) is 3.39. The highest BCUT2D eigenvalue weighted by molar-refractivity contribution is 7.99. The van der Waals surface area contributed by atoms with Gasteiger partial charge >= 0.3 is 5.69 Å². The Hall–Kier alpha value is -3.06. The molecule has 0 aliphatic heterocycles. The van der Waals surface area contributed by atoms with Crippen molar-refractivity contribution < 1.29 is 4.42 Å². The van der Waals surface area contributed by atoms with E-state index in [1.807, 2.05) is 13.0 Å². The monoisotopic (exact) mass is 358 g/mol. The Morgan fingerprint density at radius 1 is 1.28 bits per heavy atom. The number of furan rings is 1. The molecule has 0 radical (unpaired) electrons. The first-order chi connectivity index (χ1) is 12.0. The van der Waals surface area contributed by atoms with Gasteiger partial charge < -0.3 is 4.42 Å². The van der Waals surface area contributed by atoms with Gasteiger partial charge in [0.25, 0.3) is 5.56 Å². The van der Waals surface area contributed by atoms with Crippen molar-refractivity contribution in [3.63, 3.8) is 0 Å². The summed E-state index contributed by atoms with van der Waals surface area (Å²) in [5.74, 6) is 1.09. The van der Waals surface area contributed by atoms with Crippen LogP contribution in [0, 0.1) is 11.3 Å². The summed E-state index contributed by atoms with van der Waals surface area (Å²) in [6, 6.07) is 5.38. The summed E-state index contributed by atoms with van der Waals surface area (Å²) in [5.41, 5.74) is -1.26. The van der Waals surface area contributed by atoms with E-state index in [1.54, 1.807) is 16.7 Å². The number of nitrogens with zero attached hydrogens (tertiary/aromatic N) is 6. The van der Waals surface area contributed by atoms with Gasteiger partial charge in [0.15, 0.2) is 16.7 Å². The minimum Gasteiger partial charge on any atom is -0.461 e. The molecule has 0 fully saturated rings. The molecule has 10 heteroatoms. The molecule has 0 amide bonds. The summed E-state index contributed by atoms with van der Waals surface area (Å²) in [4.78, 5) is 24.3. The molecule has 3 aromatic heterocycles. The molecule has 0 saturated carbocycles. The van der Waals surface area contributed by atoms with Crippen LogP contribution >= 0.6 is 11.8 Å². The van der Waals surface area contributed by atoms with Gasteiger partial charge in [0.05, 0.1) is 6.26 Å². The minimum absolute atomic E-state index is 0.111. The van der Waals surface area contributed by atoms with Gasteiger partial charge in [-0.15, -0.1) is 10.2 Å². The Bertz CT molecular complexity index is 1080. The van der Waals surface area contributed by atoms with Gasteiger partial charge in [0.1, 0.15) is 16.7 Å². The second kappa shape index (κ2) is 6.45. The van der Waals surface area contributed by atoms with E-state index in [-0.39, 0.29) is 10.6 Å². The third-order valence-electron chi connectivity index (χ3n) is 3.69. The van der Waals surface area contributed by atoms with Crippen LogP contribution in [-0.2, 0) is 20.6 Å². The highest BCUT2D eigenvalue weighted by Crippen LogP contribution is 2.29. The Balaban J connectivity index is 2.16. The average molecular weight is 358 g/mol. The number of aromatic nitrogens is 5. The van der Waals surface area contributed by atoms with E-state index in [4.69, 9.17) is 4.42 Å². The fraction of sp³-hybridized carbons (Fsp3) is 0.267. The van der Waals surface area contributed by atoms with Crippen molar-refractivity contribution >= 4 is 11.8 Å². The zero-order chi connectivity index (χ0) is 18.1. The molecule has 0 saturated heterocycles. The smallest absolute Gasteiger partial charge is 0.331 e. The lowest BCUT2D eigenvalue weighted by molar-refractivity contribution is 0.566. The maximum Gasteiger partial charge on any atom is 0.331 e. The van der Waals surface area contributed by atoms with E-state index in [0.717, 1.165) is 16.3 Å². The number of rotatable bonds is 4. The van der Waals surface area contributed by atoms with Crippen LogP contribution in [-0.4, -0.2) is 23.9 Å². The van der Waals surface area contributed by atoms with Crippen molar-refractivity contribution in [1.82, 2.24) is 23.9 Å². The summed E-state index contributed by atoms with van der Waals surface area (Å²) in [6.07, 6.45) is 1.54. The molecule has 0 spiro atoms. The van der Waals surface area contributed by atoms with Crippen molar-refractivity contribution in [3.8, 4) is 17.7 Å². The van der Waals surface area contributed by atoms with Crippen molar-refractivity contribution in [2.45, 2.75) is 23.7 Å². The van der Waals surface area contributed by atoms with E-state index in [2.05, 4.69) is 10.2 Å². The first-order valence-electron chi connectivity index (χ1n) is 7.34. The predicted molar refractivity (Wildman–Crippen MR) is 89.2 cm³/mol. The molecule has 0 atom stereocenters. The first kappa shape index (κ1) is 16.8. The Kier molecular flexibility index (Phi) is 4.33. The predicted octanol–water partition coefficient (Wildman–Crippen LogP) is 0.978. The molecular formula is C15H14N6O3S. The summed E-state index contributed by atoms with van der Waals surface area (Å²) >= 11 is 1.05. The van der Waals surface area contributed by atoms with Crippen LogP contribution in [0.4, 0.5) is 0 Å². The van der Waals surface area contributed by atoms with Crippen molar-refractivity contribution in [2.75, 3.05) is 0 Å². The molecule has 25 heavy (non-hydrogen) atoms. The normalized spacial score (nSPS) is 10.8. The highest BCUT2D eigenvalue weighted by atomic mass is 32.2. The number of hydrogen-bond acceptors (Lipinski definition) is 7. The fourth-order valence-electron chi connectivity index (χ4n) is 2.36. The molecule has 9 nitrogen and oxygen atoms in total. The summed E-state index contributed by atoms with van der Waals surface area (Å²) in [7, 11) is 2.84. The summed E-state index contributed by atoms with van der Waals surface area (Å²) in [5, 5.41) is 18.3. The van der Waals surface area contributed by atoms with E-state index in [9.17, 15) is 14.9 Å². The Labute approximate surface area is 146 Å². The van der Waals surface area contributed by atoms with E-state index in [1.165, 1.54) is 24.9 Å². The van der Waals surface area contributed by atoms with Crippen LogP contribution in [0.5, 0.6) is 0 Å².